The molecule has 0 spiro atoms. The van der Waals surface area contributed by atoms with Crippen LogP contribution in [0.4, 0.5) is 5.82 Å². The number of aromatic nitrogens is 2. The molecule has 8 heteroatoms. The quantitative estimate of drug-likeness (QED) is 0.922. The first-order valence-electron chi connectivity index (χ1n) is 6.83. The molecule has 0 aliphatic rings. The highest BCUT2D eigenvalue weighted by atomic mass is 35.5. The summed E-state index contributed by atoms with van der Waals surface area (Å²) in [6.45, 7) is 4.94. The standard InChI is InChI=1S/C14H18ClN3O3S/c1-4-22(20,21)18-13(16)12(14(19)17(18)9(2)3)10-7-5-6-8-11(10)15/h5-9H,4,16H2,1-3H3. The fourth-order valence-corrected chi connectivity index (χ4v) is 3.68. The van der Waals surface area contributed by atoms with Crippen molar-refractivity contribution in [2.24, 2.45) is 0 Å². The third-order valence-electron chi connectivity index (χ3n) is 3.34. The van der Waals surface area contributed by atoms with Gasteiger partial charge < -0.3 is 5.73 Å². The van der Waals surface area contributed by atoms with Gasteiger partial charge in [-0.1, -0.05) is 29.8 Å². The molecule has 0 aliphatic heterocycles. The van der Waals surface area contributed by atoms with Crippen LogP contribution in [0.15, 0.2) is 29.1 Å². The summed E-state index contributed by atoms with van der Waals surface area (Å²) in [4.78, 5) is 12.7. The number of anilines is 1. The van der Waals surface area contributed by atoms with Gasteiger partial charge in [0.2, 0.25) is 0 Å². The summed E-state index contributed by atoms with van der Waals surface area (Å²) in [5.41, 5.74) is 6.07. The van der Waals surface area contributed by atoms with E-state index in [1.54, 1.807) is 38.1 Å². The molecule has 0 fully saturated rings. The number of nitrogen functional groups attached to an aromatic ring is 1. The summed E-state index contributed by atoms with van der Waals surface area (Å²) in [7, 11) is -3.72. The van der Waals surface area contributed by atoms with Crippen LogP contribution in [0.1, 0.15) is 26.8 Å². The Morgan fingerprint density at radius 1 is 1.27 bits per heavy atom. The average molecular weight is 344 g/mol. The van der Waals surface area contributed by atoms with Crippen molar-refractivity contribution >= 4 is 27.4 Å². The van der Waals surface area contributed by atoms with Gasteiger partial charge in [0.25, 0.3) is 15.6 Å². The van der Waals surface area contributed by atoms with Gasteiger partial charge in [-0.2, -0.15) is 4.09 Å². The van der Waals surface area contributed by atoms with E-state index in [-0.39, 0.29) is 23.2 Å². The number of hydrogen-bond donors (Lipinski definition) is 1. The van der Waals surface area contributed by atoms with Crippen molar-refractivity contribution in [3.63, 3.8) is 0 Å². The van der Waals surface area contributed by atoms with Gasteiger partial charge in [0, 0.05) is 16.6 Å². The Balaban J connectivity index is 2.94. The Hall–Kier alpha value is -1.73. The van der Waals surface area contributed by atoms with E-state index in [4.69, 9.17) is 17.3 Å². The van der Waals surface area contributed by atoms with Gasteiger partial charge >= 0.3 is 0 Å². The highest BCUT2D eigenvalue weighted by molar-refractivity contribution is 7.89. The molecular formula is C14H18ClN3O3S. The van der Waals surface area contributed by atoms with Gasteiger partial charge in [-0.05, 0) is 26.8 Å². The Labute approximate surface area is 134 Å². The summed E-state index contributed by atoms with van der Waals surface area (Å²) >= 11 is 6.13. The first-order chi connectivity index (χ1) is 10.2. The first-order valence-corrected chi connectivity index (χ1v) is 8.82. The normalized spacial score (nSPS) is 12.0. The lowest BCUT2D eigenvalue weighted by Crippen LogP contribution is -2.31. The van der Waals surface area contributed by atoms with Crippen LogP contribution in [-0.2, 0) is 10.0 Å². The van der Waals surface area contributed by atoms with Gasteiger partial charge in [-0.3, -0.25) is 4.79 Å². The van der Waals surface area contributed by atoms with Gasteiger partial charge in [-0.25, -0.2) is 13.1 Å². The van der Waals surface area contributed by atoms with Crippen molar-refractivity contribution in [2.75, 3.05) is 11.5 Å². The summed E-state index contributed by atoms with van der Waals surface area (Å²) < 4.78 is 26.7. The van der Waals surface area contributed by atoms with Crippen LogP contribution in [0.2, 0.25) is 5.02 Å². The second kappa shape index (κ2) is 5.81. The predicted molar refractivity (Wildman–Crippen MR) is 88.8 cm³/mol. The molecule has 0 amide bonds. The monoisotopic (exact) mass is 343 g/mol. The highest BCUT2D eigenvalue weighted by Gasteiger charge is 2.28. The number of hydrogen-bond acceptors (Lipinski definition) is 4. The molecule has 0 saturated heterocycles. The van der Waals surface area contributed by atoms with Crippen LogP contribution in [-0.4, -0.2) is 22.9 Å². The zero-order chi connectivity index (χ0) is 16.7. The van der Waals surface area contributed by atoms with E-state index in [0.717, 1.165) is 8.77 Å². The van der Waals surface area contributed by atoms with Gasteiger partial charge in [0.15, 0.2) is 0 Å². The molecule has 0 radical (unpaired) electrons. The lowest BCUT2D eigenvalue weighted by atomic mass is 10.1. The zero-order valence-corrected chi connectivity index (χ0v) is 14.1. The van der Waals surface area contributed by atoms with Crippen molar-refractivity contribution in [1.82, 2.24) is 8.77 Å². The van der Waals surface area contributed by atoms with E-state index in [0.29, 0.717) is 10.6 Å². The van der Waals surface area contributed by atoms with Crippen LogP contribution >= 0.6 is 11.6 Å². The smallest absolute Gasteiger partial charge is 0.278 e. The summed E-state index contributed by atoms with van der Waals surface area (Å²) in [5.74, 6) is -0.284. The lowest BCUT2D eigenvalue weighted by Gasteiger charge is -2.15. The second-order valence-electron chi connectivity index (χ2n) is 5.13. The zero-order valence-electron chi connectivity index (χ0n) is 12.6. The number of nitrogens with zero attached hydrogens (tertiary/aromatic N) is 2. The highest BCUT2D eigenvalue weighted by Crippen LogP contribution is 2.31. The van der Waals surface area contributed by atoms with Crippen LogP contribution < -0.4 is 11.3 Å². The van der Waals surface area contributed by atoms with E-state index in [1.165, 1.54) is 6.92 Å². The minimum atomic E-state index is -3.72. The number of benzene rings is 1. The molecule has 1 aromatic carbocycles. The number of halogens is 1. The molecule has 1 aromatic heterocycles. The van der Waals surface area contributed by atoms with E-state index < -0.39 is 15.6 Å². The minimum Gasteiger partial charge on any atom is -0.382 e. The van der Waals surface area contributed by atoms with E-state index in [9.17, 15) is 13.2 Å². The van der Waals surface area contributed by atoms with Gasteiger partial charge in [0.1, 0.15) is 5.82 Å². The maximum atomic E-state index is 12.7. The van der Waals surface area contributed by atoms with Crippen LogP contribution in [0.3, 0.4) is 0 Å². The average Bonchev–Trinajstić information content (AvgIpc) is 2.72. The van der Waals surface area contributed by atoms with Gasteiger partial charge in [0.05, 0.1) is 11.3 Å². The largest absolute Gasteiger partial charge is 0.382 e. The Kier molecular flexibility index (Phi) is 4.39. The first kappa shape index (κ1) is 16.6. The van der Waals surface area contributed by atoms with Crippen molar-refractivity contribution in [3.8, 4) is 11.1 Å². The summed E-state index contributed by atoms with van der Waals surface area (Å²) in [6.07, 6.45) is 0. The molecule has 2 N–H and O–H groups in total. The van der Waals surface area contributed by atoms with Crippen molar-refractivity contribution in [3.05, 3.63) is 39.6 Å². The summed E-state index contributed by atoms with van der Waals surface area (Å²) in [5, 5.41) is 0.341. The molecule has 0 saturated carbocycles. The third-order valence-corrected chi connectivity index (χ3v) is 5.30. The number of nitrogens with two attached hydrogens (primary N) is 1. The van der Waals surface area contributed by atoms with E-state index in [1.807, 2.05) is 0 Å². The summed E-state index contributed by atoms with van der Waals surface area (Å²) in [6, 6.07) is 6.34. The van der Waals surface area contributed by atoms with Crippen molar-refractivity contribution in [2.45, 2.75) is 26.8 Å². The lowest BCUT2D eigenvalue weighted by molar-refractivity contribution is 0.475. The van der Waals surface area contributed by atoms with Gasteiger partial charge in [-0.15, -0.1) is 0 Å². The molecule has 6 nitrogen and oxygen atoms in total. The fourth-order valence-electron chi connectivity index (χ4n) is 2.29. The van der Waals surface area contributed by atoms with Crippen LogP contribution in [0.25, 0.3) is 11.1 Å². The molecule has 0 bridgehead atoms. The molecule has 120 valence electrons. The Bertz CT molecular complexity index is 866. The topological polar surface area (TPSA) is 87.1 Å². The maximum absolute atomic E-state index is 12.7. The molecule has 0 unspecified atom stereocenters. The molecule has 2 aromatic rings. The van der Waals surface area contributed by atoms with Crippen molar-refractivity contribution < 1.29 is 8.42 Å². The molecule has 0 aliphatic carbocycles. The molecule has 0 atom stereocenters. The van der Waals surface area contributed by atoms with Crippen LogP contribution in [0, 0.1) is 0 Å². The third kappa shape index (κ3) is 2.55. The Morgan fingerprint density at radius 3 is 2.36 bits per heavy atom. The molecular weight excluding hydrogens is 326 g/mol. The van der Waals surface area contributed by atoms with Crippen LogP contribution in [0.5, 0.6) is 0 Å². The predicted octanol–water partition coefficient (Wildman–Crippen LogP) is 2.33. The molecule has 1 heterocycles. The van der Waals surface area contributed by atoms with Crippen molar-refractivity contribution in [1.29, 1.82) is 0 Å². The Morgan fingerprint density at radius 2 is 1.86 bits per heavy atom. The minimum absolute atomic E-state index is 0.108. The molecule has 22 heavy (non-hydrogen) atoms. The second-order valence-corrected chi connectivity index (χ2v) is 7.62. The van der Waals surface area contributed by atoms with E-state index >= 15 is 0 Å². The SMILES string of the molecule is CCS(=O)(=O)n1c(N)c(-c2ccccc2Cl)c(=O)n1C(C)C. The van der Waals surface area contributed by atoms with E-state index in [2.05, 4.69) is 0 Å². The number of rotatable bonds is 4. The fraction of sp³-hybridized carbons (Fsp3) is 0.357. The maximum Gasteiger partial charge on any atom is 0.278 e. The molecule has 2 rings (SSSR count).